The van der Waals surface area contributed by atoms with Crippen LogP contribution in [0.3, 0.4) is 0 Å². The summed E-state index contributed by atoms with van der Waals surface area (Å²) in [7, 11) is 6.61. The van der Waals surface area contributed by atoms with E-state index in [9.17, 15) is 0 Å². The number of nitrogens with zero attached hydrogens (tertiary/aromatic N) is 2. The predicted octanol–water partition coefficient (Wildman–Crippen LogP) is 8.21. The van der Waals surface area contributed by atoms with Gasteiger partial charge >= 0.3 is 0 Å². The monoisotopic (exact) mass is 528 g/mol. The van der Waals surface area contributed by atoms with E-state index in [1.807, 2.05) is 24.3 Å². The summed E-state index contributed by atoms with van der Waals surface area (Å²) in [6, 6.07) is 16.2. The Balaban J connectivity index is 1.83. The van der Waals surface area contributed by atoms with Crippen molar-refractivity contribution in [2.75, 3.05) is 26.2 Å². The molecule has 0 aliphatic carbocycles. The Labute approximate surface area is 213 Å². The second kappa shape index (κ2) is 14.5. The van der Waals surface area contributed by atoms with E-state index in [1.165, 1.54) is 0 Å². The highest BCUT2D eigenvalue weighted by atomic mass is 33.1. The molecule has 168 valence electrons. The first-order valence-electron chi connectivity index (χ1n) is 10.1. The van der Waals surface area contributed by atoms with Crippen LogP contribution in [0.1, 0.15) is 27.7 Å². The minimum atomic E-state index is 0.818. The summed E-state index contributed by atoms with van der Waals surface area (Å²) in [5.41, 5.74) is 0. The second-order valence-electron chi connectivity index (χ2n) is 6.25. The molecule has 0 saturated heterocycles. The van der Waals surface area contributed by atoms with Crippen LogP contribution >= 0.6 is 67.6 Å². The fraction of sp³-hybridized carbons (Fsp3) is 0.364. The summed E-state index contributed by atoms with van der Waals surface area (Å²) in [6.45, 7) is 12.2. The molecular weight excluding hydrogens is 501 g/mol. The Morgan fingerprint density at radius 2 is 0.968 bits per heavy atom. The summed E-state index contributed by atoms with van der Waals surface area (Å²) in [5, 5.41) is 0. The van der Waals surface area contributed by atoms with Crippen molar-refractivity contribution < 1.29 is 4.74 Å². The van der Waals surface area contributed by atoms with Crippen LogP contribution in [0.4, 0.5) is 0 Å². The number of rotatable bonds is 10. The van der Waals surface area contributed by atoms with Crippen LogP contribution in [-0.2, 0) is 0 Å². The van der Waals surface area contributed by atoms with E-state index in [1.54, 1.807) is 43.2 Å². The van der Waals surface area contributed by atoms with Gasteiger partial charge in [-0.15, -0.1) is 0 Å². The molecule has 0 aliphatic rings. The van der Waals surface area contributed by atoms with Gasteiger partial charge in [-0.05, 0) is 97.8 Å². The van der Waals surface area contributed by atoms with Crippen molar-refractivity contribution in [3.05, 3.63) is 48.5 Å². The Kier molecular flexibility index (Phi) is 12.5. The molecule has 0 aromatic heterocycles. The summed E-state index contributed by atoms with van der Waals surface area (Å²) in [4.78, 5) is 6.67. The first kappa shape index (κ1) is 26.7. The summed E-state index contributed by atoms with van der Waals surface area (Å²) < 4.78 is 7.83. The summed E-state index contributed by atoms with van der Waals surface area (Å²) in [6.07, 6.45) is 0. The van der Waals surface area contributed by atoms with Crippen LogP contribution < -0.4 is 4.74 Å². The third-order valence-electron chi connectivity index (χ3n) is 4.34. The minimum Gasteiger partial charge on any atom is -0.457 e. The van der Waals surface area contributed by atoms with Crippen LogP contribution in [0, 0.1) is 0 Å². The molecule has 0 unspecified atom stereocenters. The van der Waals surface area contributed by atoms with Gasteiger partial charge in [0, 0.05) is 36.0 Å². The van der Waals surface area contributed by atoms with E-state index in [0.29, 0.717) is 0 Å². The van der Waals surface area contributed by atoms with Crippen molar-refractivity contribution >= 4 is 76.3 Å². The van der Waals surface area contributed by atoms with Crippen molar-refractivity contribution in [2.45, 2.75) is 37.5 Å². The lowest BCUT2D eigenvalue weighted by atomic mass is 10.3. The zero-order valence-corrected chi connectivity index (χ0v) is 23.1. The Morgan fingerprint density at radius 3 is 1.26 bits per heavy atom. The topological polar surface area (TPSA) is 15.7 Å². The van der Waals surface area contributed by atoms with Crippen molar-refractivity contribution in [1.82, 2.24) is 9.80 Å². The molecule has 0 saturated carbocycles. The molecule has 9 heteroatoms. The van der Waals surface area contributed by atoms with E-state index in [4.69, 9.17) is 29.2 Å². The molecule has 31 heavy (non-hydrogen) atoms. The van der Waals surface area contributed by atoms with E-state index in [2.05, 4.69) is 61.8 Å². The van der Waals surface area contributed by atoms with Gasteiger partial charge in [-0.1, -0.05) is 46.0 Å². The summed E-state index contributed by atoms with van der Waals surface area (Å²) >= 11 is 11.0. The number of ether oxygens (including phenoxy) is 1. The minimum absolute atomic E-state index is 0.818. The maximum Gasteiger partial charge on any atom is 0.147 e. The third-order valence-corrected chi connectivity index (χ3v) is 10.5. The molecule has 0 radical (unpaired) electrons. The highest BCUT2D eigenvalue weighted by Crippen LogP contribution is 2.36. The Hall–Kier alpha value is -0.580. The first-order valence-corrected chi connectivity index (χ1v) is 15.3. The third kappa shape index (κ3) is 9.06. The SMILES string of the molecule is CCN(CC)C(=S)SSc1ccc(Oc2ccc(SSC(=S)N(CC)CC)cc2)cc1. The van der Waals surface area contributed by atoms with Gasteiger partial charge in [0.1, 0.15) is 20.1 Å². The summed E-state index contributed by atoms with van der Waals surface area (Å²) in [5.74, 6) is 1.64. The average molecular weight is 529 g/mol. The van der Waals surface area contributed by atoms with Gasteiger partial charge < -0.3 is 14.5 Å². The van der Waals surface area contributed by atoms with Crippen LogP contribution in [0.15, 0.2) is 58.3 Å². The maximum atomic E-state index is 5.99. The van der Waals surface area contributed by atoms with Crippen LogP contribution in [0.2, 0.25) is 0 Å². The number of hydrogen-bond acceptors (Lipinski definition) is 7. The maximum absolute atomic E-state index is 5.99. The molecule has 2 aromatic carbocycles. The number of hydrogen-bond donors (Lipinski definition) is 0. The largest absolute Gasteiger partial charge is 0.457 e. The molecule has 3 nitrogen and oxygen atoms in total. The molecule has 0 aliphatic heterocycles. The van der Waals surface area contributed by atoms with E-state index in [0.717, 1.165) is 56.1 Å². The number of benzene rings is 2. The predicted molar refractivity (Wildman–Crippen MR) is 151 cm³/mol. The molecule has 0 spiro atoms. The van der Waals surface area contributed by atoms with E-state index >= 15 is 0 Å². The standard InChI is InChI=1S/C22H28N2OS6/c1-5-23(6-2)21(26)30-28-19-13-9-17(10-14-19)25-18-11-15-20(16-12-18)29-31-22(27)24(7-3)8-4/h9-16H,5-8H2,1-4H3. The smallest absolute Gasteiger partial charge is 0.147 e. The van der Waals surface area contributed by atoms with Crippen LogP contribution in [-0.4, -0.2) is 44.6 Å². The van der Waals surface area contributed by atoms with Crippen LogP contribution in [0.5, 0.6) is 11.5 Å². The molecule has 2 aromatic rings. The molecule has 0 atom stereocenters. The van der Waals surface area contributed by atoms with Gasteiger partial charge in [0.25, 0.3) is 0 Å². The Morgan fingerprint density at radius 1 is 0.645 bits per heavy atom. The van der Waals surface area contributed by atoms with Crippen molar-refractivity contribution in [1.29, 1.82) is 0 Å². The quantitative estimate of drug-likeness (QED) is 0.222. The van der Waals surface area contributed by atoms with E-state index < -0.39 is 0 Å². The second-order valence-corrected chi connectivity index (χ2v) is 11.9. The molecule has 0 bridgehead atoms. The zero-order chi connectivity index (χ0) is 22.6. The highest BCUT2D eigenvalue weighted by molar-refractivity contribution is 8.84. The van der Waals surface area contributed by atoms with E-state index in [-0.39, 0.29) is 0 Å². The average Bonchev–Trinajstić information content (AvgIpc) is 2.80. The molecule has 0 fully saturated rings. The van der Waals surface area contributed by atoms with Gasteiger partial charge in [0.2, 0.25) is 0 Å². The van der Waals surface area contributed by atoms with Crippen molar-refractivity contribution in [3.8, 4) is 11.5 Å². The van der Waals surface area contributed by atoms with Gasteiger partial charge in [0.15, 0.2) is 0 Å². The van der Waals surface area contributed by atoms with Gasteiger partial charge in [-0.2, -0.15) is 0 Å². The normalized spacial score (nSPS) is 10.6. The molecule has 0 N–H and O–H groups in total. The lowest BCUT2D eigenvalue weighted by molar-refractivity contribution is 0.482. The molecule has 0 amide bonds. The van der Waals surface area contributed by atoms with Gasteiger partial charge in [0.05, 0.1) is 0 Å². The van der Waals surface area contributed by atoms with Crippen LogP contribution in [0.25, 0.3) is 0 Å². The highest BCUT2D eigenvalue weighted by Gasteiger charge is 2.09. The van der Waals surface area contributed by atoms with Crippen molar-refractivity contribution in [3.63, 3.8) is 0 Å². The van der Waals surface area contributed by atoms with Crippen molar-refractivity contribution in [2.24, 2.45) is 0 Å². The molecule has 0 heterocycles. The van der Waals surface area contributed by atoms with Gasteiger partial charge in [-0.3, -0.25) is 0 Å². The number of thiocarbonyl (C=S) groups is 2. The Bertz CT molecular complexity index is 751. The lowest BCUT2D eigenvalue weighted by Crippen LogP contribution is -2.25. The molecular formula is C22H28N2OS6. The fourth-order valence-corrected chi connectivity index (χ4v) is 7.49. The molecule has 2 rings (SSSR count). The van der Waals surface area contributed by atoms with Gasteiger partial charge in [-0.25, -0.2) is 0 Å². The lowest BCUT2D eigenvalue weighted by Gasteiger charge is -2.20. The zero-order valence-electron chi connectivity index (χ0n) is 18.2. The first-order chi connectivity index (χ1) is 15.0. The fourth-order valence-electron chi connectivity index (χ4n) is 2.50.